The highest BCUT2D eigenvalue weighted by Gasteiger charge is 2.23. The quantitative estimate of drug-likeness (QED) is 0.384. The molecule has 0 saturated heterocycles. The normalized spacial score (nSPS) is 16.1. The van der Waals surface area contributed by atoms with Crippen molar-refractivity contribution in [3.63, 3.8) is 0 Å². The third kappa shape index (κ3) is 8.07. The minimum absolute atomic E-state index is 0.0741. The van der Waals surface area contributed by atoms with Crippen molar-refractivity contribution in [2.45, 2.75) is 45.0 Å². The summed E-state index contributed by atoms with van der Waals surface area (Å²) < 4.78 is 27.6. The highest BCUT2D eigenvalue weighted by Crippen LogP contribution is 2.17. The van der Waals surface area contributed by atoms with Crippen LogP contribution >= 0.6 is 0 Å². The van der Waals surface area contributed by atoms with E-state index in [1.165, 1.54) is 0 Å². The Balaban J connectivity index is 4.46. The second-order valence-electron chi connectivity index (χ2n) is 4.81. The Hall–Kier alpha value is -0.133. The molecule has 2 unspecified atom stereocenters. The van der Waals surface area contributed by atoms with Crippen LogP contribution in [0.5, 0.6) is 0 Å². The topological polar surface area (TPSA) is 43.4 Å². The van der Waals surface area contributed by atoms with Gasteiger partial charge in [0, 0.05) is 0 Å². The minimum atomic E-state index is -3.33. The van der Waals surface area contributed by atoms with E-state index in [0.717, 1.165) is 25.1 Å². The lowest BCUT2D eigenvalue weighted by Gasteiger charge is -2.23. The Morgan fingerprint density at radius 3 is 2.38 bits per heavy atom. The number of hydrogen-bond donors (Lipinski definition) is 0. The molecule has 0 heterocycles. The maximum absolute atomic E-state index is 11.2. The largest absolute Gasteiger partial charge is 0.271 e. The molecule has 0 radical (unpaired) electrons. The maximum Gasteiger partial charge on any atom is 0.264 e. The van der Waals surface area contributed by atoms with Gasteiger partial charge >= 0.3 is 0 Å². The zero-order valence-corrected chi connectivity index (χ0v) is 12.7. The summed E-state index contributed by atoms with van der Waals surface area (Å²) in [5, 5.41) is 0. The molecule has 2 atom stereocenters. The van der Waals surface area contributed by atoms with Gasteiger partial charge in [0.1, 0.15) is 0 Å². The molecular formula is C11H24O3SSi. The summed E-state index contributed by atoms with van der Waals surface area (Å²) in [5.41, 5.74) is -0.0741. The monoisotopic (exact) mass is 264 g/mol. The van der Waals surface area contributed by atoms with Crippen molar-refractivity contribution in [1.82, 2.24) is 0 Å². The van der Waals surface area contributed by atoms with Crippen molar-refractivity contribution in [1.29, 1.82) is 0 Å². The molecule has 0 bridgehead atoms. The lowest BCUT2D eigenvalue weighted by Crippen LogP contribution is -2.33. The Morgan fingerprint density at radius 1 is 1.44 bits per heavy atom. The van der Waals surface area contributed by atoms with Gasteiger partial charge in [-0.05, 0) is 18.8 Å². The summed E-state index contributed by atoms with van der Waals surface area (Å²) in [4.78, 5) is 0. The van der Waals surface area contributed by atoms with Gasteiger partial charge in [0.2, 0.25) is 0 Å². The Kier molecular flexibility index (Phi) is 7.18. The summed E-state index contributed by atoms with van der Waals surface area (Å²) in [6.45, 7) is 10.0. The van der Waals surface area contributed by atoms with Gasteiger partial charge in [-0.3, -0.25) is 4.18 Å². The maximum atomic E-state index is 11.2. The molecule has 0 fully saturated rings. The fraction of sp³-hybridized carbons (Fsp3) is 0.818. The van der Waals surface area contributed by atoms with E-state index in [1.54, 1.807) is 0 Å². The fourth-order valence-electron chi connectivity index (χ4n) is 1.62. The van der Waals surface area contributed by atoms with Crippen molar-refractivity contribution < 1.29 is 12.6 Å². The van der Waals surface area contributed by atoms with Crippen LogP contribution in [0.15, 0.2) is 12.7 Å². The molecule has 5 heteroatoms. The van der Waals surface area contributed by atoms with E-state index < -0.39 is 18.9 Å². The fourth-order valence-corrected chi connectivity index (χ4v) is 5.66. The third-order valence-electron chi connectivity index (χ3n) is 2.46. The first-order valence-electron chi connectivity index (χ1n) is 5.75. The predicted octanol–water partition coefficient (Wildman–Crippen LogP) is 2.35. The van der Waals surface area contributed by atoms with Crippen LogP contribution < -0.4 is 0 Å². The highest BCUT2D eigenvalue weighted by molar-refractivity contribution is 7.86. The van der Waals surface area contributed by atoms with E-state index in [0.29, 0.717) is 5.92 Å². The molecule has 0 aliphatic carbocycles. The van der Waals surface area contributed by atoms with Crippen LogP contribution in [0.2, 0.25) is 12.6 Å². The molecule has 0 aliphatic rings. The smallest absolute Gasteiger partial charge is 0.264 e. The molecule has 0 saturated carbocycles. The molecule has 96 valence electrons. The highest BCUT2D eigenvalue weighted by atomic mass is 32.2. The summed E-state index contributed by atoms with van der Waals surface area (Å²) in [5.74, 6) is 0.463. The zero-order valence-electron chi connectivity index (χ0n) is 10.8. The van der Waals surface area contributed by atoms with Gasteiger partial charge < -0.3 is 0 Å². The summed E-state index contributed by atoms with van der Waals surface area (Å²) in [6, 6.07) is 1.05. The van der Waals surface area contributed by atoms with Crippen LogP contribution in [0.3, 0.4) is 0 Å². The first kappa shape index (κ1) is 15.9. The molecule has 0 aromatic heterocycles. The number of rotatable bonds is 8. The molecule has 0 rings (SSSR count). The van der Waals surface area contributed by atoms with Gasteiger partial charge in [-0.1, -0.05) is 32.5 Å². The average Bonchev–Trinajstić information content (AvgIpc) is 2.10. The van der Waals surface area contributed by atoms with Gasteiger partial charge in [-0.2, -0.15) is 8.42 Å². The molecule has 0 amide bonds. The third-order valence-corrected chi connectivity index (χ3v) is 6.18. The van der Waals surface area contributed by atoms with Gasteiger partial charge in [-0.25, -0.2) is 0 Å². The lowest BCUT2D eigenvalue weighted by molar-refractivity contribution is 0.250. The van der Waals surface area contributed by atoms with E-state index >= 15 is 0 Å². The standard InChI is InChI=1S/C11H24O3SSi/c1-6-7-8-16(5)11(9-10(2)3)14-15(4,12)13/h6,10-11,16H,1,7-9H2,2-5H3. The van der Waals surface area contributed by atoms with E-state index in [9.17, 15) is 8.42 Å². The van der Waals surface area contributed by atoms with E-state index in [4.69, 9.17) is 4.18 Å². The van der Waals surface area contributed by atoms with Crippen molar-refractivity contribution >= 4 is 18.9 Å². The molecule has 3 nitrogen and oxygen atoms in total. The molecular weight excluding hydrogens is 240 g/mol. The van der Waals surface area contributed by atoms with Crippen molar-refractivity contribution in [3.8, 4) is 0 Å². The van der Waals surface area contributed by atoms with Crippen molar-refractivity contribution in [2.24, 2.45) is 5.92 Å². The van der Waals surface area contributed by atoms with Crippen LogP contribution in [0.4, 0.5) is 0 Å². The molecule has 0 aliphatic heterocycles. The van der Waals surface area contributed by atoms with Gasteiger partial charge in [0.05, 0.1) is 20.8 Å². The second-order valence-corrected chi connectivity index (χ2v) is 9.69. The molecule has 0 aromatic carbocycles. The van der Waals surface area contributed by atoms with Crippen LogP contribution in [0.1, 0.15) is 26.7 Å². The second kappa shape index (κ2) is 7.24. The van der Waals surface area contributed by atoms with E-state index in [-0.39, 0.29) is 5.73 Å². The molecule has 0 N–H and O–H groups in total. The van der Waals surface area contributed by atoms with Crippen LogP contribution in [-0.2, 0) is 14.3 Å². The SMILES string of the molecule is C=CCC[SiH](C)C(CC(C)C)OS(C)(=O)=O. The first-order valence-corrected chi connectivity index (χ1v) is 10.2. The van der Waals surface area contributed by atoms with E-state index in [2.05, 4.69) is 27.0 Å². The average molecular weight is 264 g/mol. The van der Waals surface area contributed by atoms with Gasteiger partial charge in [-0.15, -0.1) is 6.58 Å². The summed E-state index contributed by atoms with van der Waals surface area (Å²) >= 11 is 0. The minimum Gasteiger partial charge on any atom is -0.271 e. The predicted molar refractivity (Wildman–Crippen MR) is 71.8 cm³/mol. The first-order chi connectivity index (χ1) is 7.26. The summed E-state index contributed by atoms with van der Waals surface area (Å²) in [7, 11) is -4.49. The van der Waals surface area contributed by atoms with Gasteiger partial charge in [0.15, 0.2) is 0 Å². The van der Waals surface area contributed by atoms with Crippen molar-refractivity contribution in [3.05, 3.63) is 12.7 Å². The van der Waals surface area contributed by atoms with Crippen LogP contribution in [0.25, 0.3) is 0 Å². The van der Waals surface area contributed by atoms with Gasteiger partial charge in [0.25, 0.3) is 10.1 Å². The van der Waals surface area contributed by atoms with Crippen LogP contribution in [-0.4, -0.2) is 29.2 Å². The molecule has 16 heavy (non-hydrogen) atoms. The Labute approximate surface area is 102 Å². The Bertz CT molecular complexity index is 298. The molecule has 0 aromatic rings. The molecule has 0 spiro atoms. The lowest BCUT2D eigenvalue weighted by atomic mass is 10.1. The number of allylic oxidation sites excluding steroid dienone is 1. The Morgan fingerprint density at radius 2 is 2.00 bits per heavy atom. The summed E-state index contributed by atoms with van der Waals surface area (Å²) in [6.07, 6.45) is 4.80. The van der Waals surface area contributed by atoms with E-state index in [1.807, 2.05) is 6.08 Å². The van der Waals surface area contributed by atoms with Crippen molar-refractivity contribution in [2.75, 3.05) is 6.26 Å². The number of hydrogen-bond acceptors (Lipinski definition) is 3. The van der Waals surface area contributed by atoms with Crippen LogP contribution in [0, 0.1) is 5.92 Å². The zero-order chi connectivity index (χ0) is 12.8.